The zero-order valence-electron chi connectivity index (χ0n) is 14.1. The molecule has 0 heterocycles. The number of ether oxygens (including phenoxy) is 1. The Morgan fingerprint density at radius 1 is 1.17 bits per heavy atom. The van der Waals surface area contributed by atoms with Crippen molar-refractivity contribution in [3.63, 3.8) is 0 Å². The highest BCUT2D eigenvalue weighted by Gasteiger charge is 2.17. The van der Waals surface area contributed by atoms with E-state index >= 15 is 0 Å². The molecule has 0 radical (unpaired) electrons. The van der Waals surface area contributed by atoms with Crippen molar-refractivity contribution in [2.75, 3.05) is 19.0 Å². The highest BCUT2D eigenvalue weighted by molar-refractivity contribution is 7.89. The van der Waals surface area contributed by atoms with E-state index < -0.39 is 10.0 Å². The largest absolute Gasteiger partial charge is 0.383 e. The third kappa shape index (κ3) is 7.11. The number of benzene rings is 1. The molecule has 0 fully saturated rings. The molecule has 7 heteroatoms. The third-order valence-electron chi connectivity index (χ3n) is 3.17. The van der Waals surface area contributed by atoms with Gasteiger partial charge in [0.05, 0.1) is 11.5 Å². The summed E-state index contributed by atoms with van der Waals surface area (Å²) in [5, 5.41) is 2.76. The number of anilines is 1. The Labute approximate surface area is 138 Å². The van der Waals surface area contributed by atoms with Crippen LogP contribution in [0.25, 0.3) is 0 Å². The van der Waals surface area contributed by atoms with E-state index in [1.54, 1.807) is 19.1 Å². The molecule has 2 N–H and O–H groups in total. The van der Waals surface area contributed by atoms with Gasteiger partial charge >= 0.3 is 0 Å². The number of carbonyl (C=O) groups is 1. The maximum absolute atomic E-state index is 12.2. The molecule has 0 aliphatic heterocycles. The molecule has 1 unspecified atom stereocenters. The van der Waals surface area contributed by atoms with Gasteiger partial charge in [0.25, 0.3) is 0 Å². The van der Waals surface area contributed by atoms with Crippen LogP contribution in [0.2, 0.25) is 0 Å². The third-order valence-corrected chi connectivity index (χ3v) is 4.78. The van der Waals surface area contributed by atoms with Gasteiger partial charge in [-0.15, -0.1) is 0 Å². The molecule has 0 saturated heterocycles. The summed E-state index contributed by atoms with van der Waals surface area (Å²) in [5.41, 5.74) is 0.586. The molecule has 23 heavy (non-hydrogen) atoms. The van der Waals surface area contributed by atoms with Crippen molar-refractivity contribution < 1.29 is 17.9 Å². The highest BCUT2D eigenvalue weighted by Crippen LogP contribution is 2.15. The lowest BCUT2D eigenvalue weighted by molar-refractivity contribution is -0.116. The van der Waals surface area contributed by atoms with Gasteiger partial charge in [0, 0.05) is 25.3 Å². The molecule has 0 bridgehead atoms. The summed E-state index contributed by atoms with van der Waals surface area (Å²) in [6.45, 7) is 6.14. The summed E-state index contributed by atoms with van der Waals surface area (Å²) < 4.78 is 31.8. The lowest BCUT2D eigenvalue weighted by Gasteiger charge is -2.13. The van der Waals surface area contributed by atoms with Crippen LogP contribution in [-0.4, -0.2) is 34.1 Å². The molecule has 1 rings (SSSR count). The van der Waals surface area contributed by atoms with E-state index in [0.29, 0.717) is 24.6 Å². The topological polar surface area (TPSA) is 84.5 Å². The average molecular weight is 342 g/mol. The van der Waals surface area contributed by atoms with E-state index in [-0.39, 0.29) is 16.8 Å². The standard InChI is InChI=1S/C16H26N2O4S/c1-12(2)5-10-16(19)17-14-6-8-15(9-7-14)23(20,21)18-13(3)11-22-4/h6-9,12-13,18H,5,10-11H2,1-4H3,(H,17,19). The van der Waals surface area contributed by atoms with Crippen molar-refractivity contribution in [3.05, 3.63) is 24.3 Å². The molecule has 0 spiro atoms. The van der Waals surface area contributed by atoms with Gasteiger partial charge in [0.2, 0.25) is 15.9 Å². The molecule has 6 nitrogen and oxygen atoms in total. The van der Waals surface area contributed by atoms with Gasteiger partial charge in [0.1, 0.15) is 0 Å². The van der Waals surface area contributed by atoms with Crippen molar-refractivity contribution in [2.45, 2.75) is 44.6 Å². The molecule has 0 saturated carbocycles. The molecule has 0 aliphatic rings. The van der Waals surface area contributed by atoms with Crippen LogP contribution in [0.3, 0.4) is 0 Å². The molecular weight excluding hydrogens is 316 g/mol. The molecule has 0 aliphatic carbocycles. The number of hydrogen-bond acceptors (Lipinski definition) is 4. The molecular formula is C16H26N2O4S. The summed E-state index contributed by atoms with van der Waals surface area (Å²) in [5.74, 6) is 0.398. The van der Waals surface area contributed by atoms with Crippen molar-refractivity contribution in [1.82, 2.24) is 4.72 Å². The van der Waals surface area contributed by atoms with Crippen LogP contribution in [0.1, 0.15) is 33.6 Å². The van der Waals surface area contributed by atoms with Crippen molar-refractivity contribution in [3.8, 4) is 0 Å². The SMILES string of the molecule is COCC(C)NS(=O)(=O)c1ccc(NC(=O)CCC(C)C)cc1. The minimum atomic E-state index is -3.59. The van der Waals surface area contributed by atoms with E-state index in [2.05, 4.69) is 23.9 Å². The van der Waals surface area contributed by atoms with Crippen LogP contribution in [0.15, 0.2) is 29.2 Å². The normalized spacial score (nSPS) is 13.1. The van der Waals surface area contributed by atoms with Crippen molar-refractivity contribution in [2.24, 2.45) is 5.92 Å². The van der Waals surface area contributed by atoms with Gasteiger partial charge in [-0.05, 0) is 43.5 Å². The second kappa shape index (κ2) is 9.00. The van der Waals surface area contributed by atoms with Gasteiger partial charge in [-0.25, -0.2) is 13.1 Å². The Morgan fingerprint density at radius 3 is 2.30 bits per heavy atom. The number of amides is 1. The van der Waals surface area contributed by atoms with Gasteiger partial charge < -0.3 is 10.1 Å². The first-order chi connectivity index (χ1) is 10.7. The lowest BCUT2D eigenvalue weighted by Crippen LogP contribution is -2.35. The van der Waals surface area contributed by atoms with E-state index in [1.165, 1.54) is 19.2 Å². The summed E-state index contributed by atoms with van der Waals surface area (Å²) in [6.07, 6.45) is 1.27. The van der Waals surface area contributed by atoms with Gasteiger partial charge in [-0.2, -0.15) is 0 Å². The number of carbonyl (C=O) groups excluding carboxylic acids is 1. The predicted molar refractivity (Wildman–Crippen MR) is 90.8 cm³/mol. The predicted octanol–water partition coefficient (Wildman–Crippen LogP) is 2.37. The number of hydrogen-bond donors (Lipinski definition) is 2. The summed E-state index contributed by atoms with van der Waals surface area (Å²) in [7, 11) is -2.08. The first kappa shape index (κ1) is 19.6. The van der Waals surface area contributed by atoms with E-state index in [1.807, 2.05) is 0 Å². The van der Waals surface area contributed by atoms with Crippen LogP contribution >= 0.6 is 0 Å². The fourth-order valence-electron chi connectivity index (χ4n) is 1.98. The lowest BCUT2D eigenvalue weighted by atomic mass is 10.1. The molecule has 130 valence electrons. The van der Waals surface area contributed by atoms with Gasteiger partial charge in [-0.1, -0.05) is 13.8 Å². The van der Waals surface area contributed by atoms with Crippen molar-refractivity contribution in [1.29, 1.82) is 0 Å². The molecule has 1 amide bonds. The summed E-state index contributed by atoms with van der Waals surface area (Å²) in [6, 6.07) is 5.80. The van der Waals surface area contributed by atoms with Crippen LogP contribution in [-0.2, 0) is 19.6 Å². The first-order valence-corrected chi connectivity index (χ1v) is 9.14. The fourth-order valence-corrected chi connectivity index (χ4v) is 3.21. The zero-order valence-corrected chi connectivity index (χ0v) is 14.9. The second-order valence-corrected chi connectivity index (χ2v) is 7.70. The quantitative estimate of drug-likeness (QED) is 0.721. The molecule has 1 aromatic rings. The molecule has 1 aromatic carbocycles. The first-order valence-electron chi connectivity index (χ1n) is 7.65. The minimum Gasteiger partial charge on any atom is -0.383 e. The average Bonchev–Trinajstić information content (AvgIpc) is 2.45. The van der Waals surface area contributed by atoms with Gasteiger partial charge in [-0.3, -0.25) is 4.79 Å². The van der Waals surface area contributed by atoms with Crippen LogP contribution < -0.4 is 10.0 Å². The Hall–Kier alpha value is -1.44. The van der Waals surface area contributed by atoms with Crippen LogP contribution in [0, 0.1) is 5.92 Å². The minimum absolute atomic E-state index is 0.0684. The summed E-state index contributed by atoms with van der Waals surface area (Å²) in [4.78, 5) is 11.9. The van der Waals surface area contributed by atoms with E-state index in [9.17, 15) is 13.2 Å². The Morgan fingerprint density at radius 2 is 1.78 bits per heavy atom. The Bertz CT molecular complexity index is 597. The number of sulfonamides is 1. The van der Waals surface area contributed by atoms with E-state index in [0.717, 1.165) is 6.42 Å². The molecule has 1 atom stereocenters. The Kier molecular flexibility index (Phi) is 7.67. The molecule has 0 aromatic heterocycles. The Balaban J connectivity index is 2.67. The van der Waals surface area contributed by atoms with Crippen LogP contribution in [0.5, 0.6) is 0 Å². The number of rotatable bonds is 9. The second-order valence-electron chi connectivity index (χ2n) is 5.98. The smallest absolute Gasteiger partial charge is 0.240 e. The maximum Gasteiger partial charge on any atom is 0.240 e. The monoisotopic (exact) mass is 342 g/mol. The maximum atomic E-state index is 12.2. The van der Waals surface area contributed by atoms with Crippen molar-refractivity contribution >= 4 is 21.6 Å². The number of methoxy groups -OCH3 is 1. The van der Waals surface area contributed by atoms with Gasteiger partial charge in [0.15, 0.2) is 0 Å². The highest BCUT2D eigenvalue weighted by atomic mass is 32.2. The van der Waals surface area contributed by atoms with E-state index in [4.69, 9.17) is 4.74 Å². The number of nitrogens with one attached hydrogen (secondary N) is 2. The fraction of sp³-hybridized carbons (Fsp3) is 0.562. The summed E-state index contributed by atoms with van der Waals surface area (Å²) >= 11 is 0. The zero-order chi connectivity index (χ0) is 17.5. The van der Waals surface area contributed by atoms with Crippen LogP contribution in [0.4, 0.5) is 5.69 Å².